The van der Waals surface area contributed by atoms with E-state index >= 15 is 0 Å². The molecule has 0 amide bonds. The fraction of sp³-hybridized carbons (Fsp3) is 0.600. The lowest BCUT2D eigenvalue weighted by molar-refractivity contribution is 0.196. The Labute approximate surface area is 119 Å². The summed E-state index contributed by atoms with van der Waals surface area (Å²) < 4.78 is 14.0. The van der Waals surface area contributed by atoms with Gasteiger partial charge in [-0.25, -0.2) is 4.39 Å². The highest BCUT2D eigenvalue weighted by molar-refractivity contribution is 8.00. The minimum Gasteiger partial charge on any atom is -0.392 e. The van der Waals surface area contributed by atoms with Gasteiger partial charge in [0.1, 0.15) is 5.82 Å². The molecule has 4 heteroatoms. The maximum absolute atomic E-state index is 14.0. The van der Waals surface area contributed by atoms with E-state index in [0.717, 1.165) is 4.90 Å². The molecule has 2 atom stereocenters. The third-order valence-electron chi connectivity index (χ3n) is 2.86. The van der Waals surface area contributed by atoms with Crippen molar-refractivity contribution in [2.45, 2.75) is 63.0 Å². The molecule has 2 N–H and O–H groups in total. The predicted molar refractivity (Wildman–Crippen MR) is 80.0 cm³/mol. The Morgan fingerprint density at radius 3 is 2.47 bits per heavy atom. The van der Waals surface area contributed by atoms with Crippen LogP contribution in [-0.2, 0) is 6.54 Å². The van der Waals surface area contributed by atoms with Crippen molar-refractivity contribution in [1.82, 2.24) is 5.32 Å². The van der Waals surface area contributed by atoms with Crippen molar-refractivity contribution in [1.29, 1.82) is 0 Å². The van der Waals surface area contributed by atoms with E-state index < -0.39 is 6.10 Å². The molecule has 19 heavy (non-hydrogen) atoms. The summed E-state index contributed by atoms with van der Waals surface area (Å²) in [6, 6.07) is 5.11. The molecule has 2 unspecified atom stereocenters. The summed E-state index contributed by atoms with van der Waals surface area (Å²) >= 11 is 1.51. The van der Waals surface area contributed by atoms with Crippen LogP contribution >= 0.6 is 11.8 Å². The normalized spacial score (nSPS) is 15.3. The maximum atomic E-state index is 14.0. The molecule has 1 aromatic carbocycles. The second-order valence-electron chi connectivity index (χ2n) is 5.88. The molecule has 1 rings (SSSR count). The summed E-state index contributed by atoms with van der Waals surface area (Å²) in [7, 11) is 0. The zero-order valence-electron chi connectivity index (χ0n) is 12.3. The molecule has 0 saturated carbocycles. The van der Waals surface area contributed by atoms with Gasteiger partial charge in [0, 0.05) is 27.8 Å². The van der Waals surface area contributed by atoms with Crippen molar-refractivity contribution in [3.05, 3.63) is 29.6 Å². The highest BCUT2D eigenvalue weighted by Gasteiger charge is 2.17. The fourth-order valence-electron chi connectivity index (χ4n) is 1.47. The number of thioether (sulfide) groups is 1. The first-order chi connectivity index (χ1) is 8.70. The van der Waals surface area contributed by atoms with Crippen molar-refractivity contribution in [2.24, 2.45) is 0 Å². The summed E-state index contributed by atoms with van der Waals surface area (Å²) in [6.07, 6.45) is -0.420. The number of rotatable bonds is 5. The summed E-state index contributed by atoms with van der Waals surface area (Å²) in [4.78, 5) is 0.894. The lowest BCUT2D eigenvalue weighted by Gasteiger charge is -2.23. The third-order valence-corrected chi connectivity index (χ3v) is 4.27. The smallest absolute Gasteiger partial charge is 0.128 e. The number of aliphatic hydroxyl groups is 1. The van der Waals surface area contributed by atoms with Crippen LogP contribution in [0.2, 0.25) is 0 Å². The van der Waals surface area contributed by atoms with Crippen LogP contribution in [0.15, 0.2) is 23.1 Å². The Kier molecular flexibility index (Phi) is 5.83. The number of nitrogens with one attached hydrogen (secondary N) is 1. The predicted octanol–water partition coefficient (Wildman–Crippen LogP) is 3.58. The SMILES string of the molecule is CC(O)C(C)Sc1cccc(F)c1CNC(C)(C)C. The van der Waals surface area contributed by atoms with E-state index in [1.54, 1.807) is 13.0 Å². The van der Waals surface area contributed by atoms with E-state index in [1.807, 2.05) is 13.0 Å². The van der Waals surface area contributed by atoms with Gasteiger partial charge in [-0.1, -0.05) is 13.0 Å². The second-order valence-corrected chi connectivity index (χ2v) is 7.30. The minimum absolute atomic E-state index is 0.0372. The zero-order chi connectivity index (χ0) is 14.6. The van der Waals surface area contributed by atoms with Gasteiger partial charge >= 0.3 is 0 Å². The monoisotopic (exact) mass is 285 g/mol. The molecular formula is C15H24FNOS. The molecule has 108 valence electrons. The topological polar surface area (TPSA) is 32.3 Å². The summed E-state index contributed by atoms with van der Waals surface area (Å²) in [5, 5.41) is 12.9. The van der Waals surface area contributed by atoms with Crippen LogP contribution in [0.1, 0.15) is 40.2 Å². The van der Waals surface area contributed by atoms with Crippen molar-refractivity contribution in [3.63, 3.8) is 0 Å². The Morgan fingerprint density at radius 2 is 1.95 bits per heavy atom. The number of halogens is 1. The first kappa shape index (κ1) is 16.5. The lowest BCUT2D eigenvalue weighted by Crippen LogP contribution is -2.35. The molecule has 0 aromatic heterocycles. The molecule has 1 aromatic rings. The molecule has 0 fully saturated rings. The molecule has 0 aliphatic carbocycles. The molecule has 0 spiro atoms. The van der Waals surface area contributed by atoms with Gasteiger partial charge in [0.15, 0.2) is 0 Å². The van der Waals surface area contributed by atoms with Crippen molar-refractivity contribution in [3.8, 4) is 0 Å². The minimum atomic E-state index is -0.420. The van der Waals surface area contributed by atoms with E-state index in [9.17, 15) is 9.50 Å². The molecule has 0 radical (unpaired) electrons. The molecule has 2 nitrogen and oxygen atoms in total. The van der Waals surface area contributed by atoms with Crippen LogP contribution in [0.25, 0.3) is 0 Å². The summed E-state index contributed by atoms with van der Waals surface area (Å²) in [5.74, 6) is -0.195. The van der Waals surface area contributed by atoms with Gasteiger partial charge in [-0.2, -0.15) is 0 Å². The average Bonchev–Trinajstić information content (AvgIpc) is 2.26. The average molecular weight is 285 g/mol. The van der Waals surface area contributed by atoms with E-state index in [2.05, 4.69) is 26.1 Å². The quantitative estimate of drug-likeness (QED) is 0.811. The van der Waals surface area contributed by atoms with Crippen molar-refractivity contribution < 1.29 is 9.50 Å². The van der Waals surface area contributed by atoms with Crippen LogP contribution in [0, 0.1) is 5.82 Å². The highest BCUT2D eigenvalue weighted by Crippen LogP contribution is 2.30. The number of aliphatic hydroxyl groups excluding tert-OH is 1. The van der Waals surface area contributed by atoms with E-state index in [1.165, 1.54) is 17.8 Å². The molecule has 0 aliphatic heterocycles. The van der Waals surface area contributed by atoms with Crippen molar-refractivity contribution in [2.75, 3.05) is 0 Å². The van der Waals surface area contributed by atoms with Gasteiger partial charge in [-0.3, -0.25) is 0 Å². The highest BCUT2D eigenvalue weighted by atomic mass is 32.2. The Bertz CT molecular complexity index is 415. The van der Waals surface area contributed by atoms with Crippen LogP contribution < -0.4 is 5.32 Å². The first-order valence-corrected chi connectivity index (χ1v) is 7.46. The molecule has 0 aliphatic rings. The first-order valence-electron chi connectivity index (χ1n) is 6.58. The summed E-state index contributed by atoms with van der Waals surface area (Å²) in [5.41, 5.74) is 0.620. The van der Waals surface area contributed by atoms with Crippen LogP contribution in [0.4, 0.5) is 4.39 Å². The van der Waals surface area contributed by atoms with Crippen LogP contribution in [0.3, 0.4) is 0 Å². The number of benzene rings is 1. The van der Waals surface area contributed by atoms with Gasteiger partial charge in [0.25, 0.3) is 0 Å². The summed E-state index contributed by atoms with van der Waals surface area (Å²) in [6.45, 7) is 10.4. The largest absolute Gasteiger partial charge is 0.392 e. The standard InChI is InChI=1S/C15H24FNOS/c1-10(18)11(2)19-14-8-6-7-13(16)12(14)9-17-15(3,4)5/h6-8,10-11,17-18H,9H2,1-5H3. The van der Waals surface area contributed by atoms with Crippen LogP contribution in [-0.4, -0.2) is 22.0 Å². The van der Waals surface area contributed by atoms with Gasteiger partial charge in [0.05, 0.1) is 6.10 Å². The van der Waals surface area contributed by atoms with E-state index in [0.29, 0.717) is 12.1 Å². The van der Waals surface area contributed by atoms with Gasteiger partial charge in [-0.15, -0.1) is 11.8 Å². The Balaban J connectivity index is 2.89. The fourth-order valence-corrected chi connectivity index (χ4v) is 2.54. The third kappa shape index (κ3) is 5.51. The van der Waals surface area contributed by atoms with Gasteiger partial charge in [0.2, 0.25) is 0 Å². The maximum Gasteiger partial charge on any atom is 0.128 e. The van der Waals surface area contributed by atoms with Gasteiger partial charge in [-0.05, 0) is 39.8 Å². The number of hydrogen-bond donors (Lipinski definition) is 2. The number of hydrogen-bond acceptors (Lipinski definition) is 3. The lowest BCUT2D eigenvalue weighted by atomic mass is 10.1. The molecule has 0 bridgehead atoms. The molecule has 0 heterocycles. The zero-order valence-corrected chi connectivity index (χ0v) is 13.1. The van der Waals surface area contributed by atoms with Gasteiger partial charge < -0.3 is 10.4 Å². The molecule has 0 saturated heterocycles. The van der Waals surface area contributed by atoms with Crippen LogP contribution in [0.5, 0.6) is 0 Å². The van der Waals surface area contributed by atoms with E-state index in [-0.39, 0.29) is 16.6 Å². The Morgan fingerprint density at radius 1 is 1.32 bits per heavy atom. The van der Waals surface area contributed by atoms with Crippen molar-refractivity contribution >= 4 is 11.8 Å². The second kappa shape index (κ2) is 6.73. The Hall–Kier alpha value is -0.580. The molecular weight excluding hydrogens is 261 g/mol. The van der Waals surface area contributed by atoms with E-state index in [4.69, 9.17) is 0 Å².